The van der Waals surface area contributed by atoms with Crippen molar-refractivity contribution in [2.24, 2.45) is 0 Å². The number of nitro groups is 1. The fourth-order valence-corrected chi connectivity index (χ4v) is 1.08. The van der Waals surface area contributed by atoms with E-state index >= 15 is 0 Å². The molecule has 0 fully saturated rings. The molecule has 1 aromatic rings. The van der Waals surface area contributed by atoms with Gasteiger partial charge in [0.05, 0.1) is 0 Å². The van der Waals surface area contributed by atoms with E-state index in [2.05, 4.69) is 4.98 Å². The van der Waals surface area contributed by atoms with Gasteiger partial charge in [-0.15, -0.1) is 36.4 Å². The molecule has 5 nitrogen and oxygen atoms in total. The van der Waals surface area contributed by atoms with Crippen LogP contribution in [0.1, 0.15) is 5.82 Å². The molecule has 82 valence electrons. The smallest absolute Gasteiger partial charge is 0.358 e. The summed E-state index contributed by atoms with van der Waals surface area (Å²) in [4.78, 5) is 13.5. The molecular formula is C6H10Cl3N3O2. The van der Waals surface area contributed by atoms with E-state index in [-0.39, 0.29) is 30.6 Å². The molecule has 0 aliphatic rings. The summed E-state index contributed by atoms with van der Waals surface area (Å²) in [5, 5.41) is 10.3. The summed E-state index contributed by atoms with van der Waals surface area (Å²) in [6.45, 7) is 2.26. The summed E-state index contributed by atoms with van der Waals surface area (Å²) in [6, 6.07) is 0. The highest BCUT2D eigenvalue weighted by Gasteiger charge is 2.13. The molecule has 0 bridgehead atoms. The quantitative estimate of drug-likeness (QED) is 0.476. The number of aryl methyl sites for hydroxylation is 2. The third-order valence-corrected chi connectivity index (χ3v) is 1.64. The largest absolute Gasteiger partial charge is 0.381 e. The SMILES string of the molecule is Cc1nc([N+](=O)[O-])cn1CCCl.Cl.Cl. The molecule has 0 aliphatic carbocycles. The molecule has 0 aliphatic heterocycles. The number of nitrogens with zero attached hydrogens (tertiary/aromatic N) is 3. The van der Waals surface area contributed by atoms with Crippen molar-refractivity contribution in [2.45, 2.75) is 13.5 Å². The van der Waals surface area contributed by atoms with E-state index in [0.29, 0.717) is 18.2 Å². The van der Waals surface area contributed by atoms with Crippen LogP contribution in [0.15, 0.2) is 6.20 Å². The van der Waals surface area contributed by atoms with Crippen molar-refractivity contribution in [2.75, 3.05) is 5.88 Å². The lowest BCUT2D eigenvalue weighted by atomic mass is 10.6. The van der Waals surface area contributed by atoms with Gasteiger partial charge in [0.15, 0.2) is 0 Å². The minimum atomic E-state index is -0.516. The molecule has 1 heterocycles. The van der Waals surface area contributed by atoms with Crippen LogP contribution < -0.4 is 0 Å². The van der Waals surface area contributed by atoms with E-state index in [4.69, 9.17) is 11.6 Å². The Balaban J connectivity index is 0. The fraction of sp³-hybridized carbons (Fsp3) is 0.500. The van der Waals surface area contributed by atoms with E-state index in [0.717, 1.165) is 0 Å². The molecule has 0 aromatic carbocycles. The zero-order valence-corrected chi connectivity index (χ0v) is 9.73. The van der Waals surface area contributed by atoms with Crippen LogP contribution in [-0.4, -0.2) is 20.4 Å². The number of imidazole rings is 1. The van der Waals surface area contributed by atoms with E-state index < -0.39 is 4.92 Å². The van der Waals surface area contributed by atoms with Crippen LogP contribution in [0.3, 0.4) is 0 Å². The molecule has 0 saturated heterocycles. The average molecular weight is 263 g/mol. The first-order valence-corrected chi connectivity index (χ1v) is 3.92. The Morgan fingerprint density at radius 3 is 2.57 bits per heavy atom. The number of alkyl halides is 1. The third kappa shape index (κ3) is 3.69. The number of aromatic nitrogens is 2. The summed E-state index contributed by atoms with van der Waals surface area (Å²) in [5.41, 5.74) is 0. The topological polar surface area (TPSA) is 61.0 Å². The maximum absolute atomic E-state index is 10.3. The normalized spacial score (nSPS) is 8.71. The van der Waals surface area contributed by atoms with Crippen LogP contribution in [0.2, 0.25) is 0 Å². The Morgan fingerprint density at radius 2 is 2.21 bits per heavy atom. The van der Waals surface area contributed by atoms with Crippen molar-refractivity contribution in [3.8, 4) is 0 Å². The minimum absolute atomic E-state index is 0. The second-order valence-corrected chi connectivity index (χ2v) is 2.66. The van der Waals surface area contributed by atoms with Gasteiger partial charge in [0, 0.05) is 19.3 Å². The van der Waals surface area contributed by atoms with Gasteiger partial charge in [-0.2, -0.15) is 0 Å². The van der Waals surface area contributed by atoms with Crippen molar-refractivity contribution >= 4 is 42.2 Å². The van der Waals surface area contributed by atoms with Crippen molar-refractivity contribution in [1.82, 2.24) is 9.55 Å². The average Bonchev–Trinajstić information content (AvgIpc) is 2.34. The van der Waals surface area contributed by atoms with Crippen LogP contribution in [0.5, 0.6) is 0 Å². The zero-order valence-electron chi connectivity index (χ0n) is 7.34. The number of hydrogen-bond acceptors (Lipinski definition) is 3. The Morgan fingerprint density at radius 1 is 1.64 bits per heavy atom. The van der Waals surface area contributed by atoms with Crippen LogP contribution in [0.25, 0.3) is 0 Å². The van der Waals surface area contributed by atoms with Crippen molar-refractivity contribution < 1.29 is 4.92 Å². The summed E-state index contributed by atoms with van der Waals surface area (Å²) >= 11 is 5.48. The second-order valence-electron chi connectivity index (χ2n) is 2.29. The molecule has 1 aromatic heterocycles. The number of rotatable bonds is 3. The molecule has 0 N–H and O–H groups in total. The highest BCUT2D eigenvalue weighted by atomic mass is 35.5. The molecule has 1 rings (SSSR count). The minimum Gasteiger partial charge on any atom is -0.358 e. The first kappa shape index (κ1) is 15.9. The molecule has 0 radical (unpaired) electrons. The van der Waals surface area contributed by atoms with Gasteiger partial charge in [-0.1, -0.05) is 0 Å². The standard InChI is InChI=1S/C6H8ClN3O2.2ClH/c1-5-8-6(10(11)12)4-9(5)3-2-7;;/h4H,2-3H2,1H3;2*1H. The molecule has 0 spiro atoms. The predicted octanol–water partition coefficient (Wildman–Crippen LogP) is 2.18. The van der Waals surface area contributed by atoms with Gasteiger partial charge in [0.1, 0.15) is 6.20 Å². The van der Waals surface area contributed by atoms with E-state index in [1.807, 2.05) is 0 Å². The second kappa shape index (κ2) is 6.86. The van der Waals surface area contributed by atoms with Crippen LogP contribution in [0.4, 0.5) is 5.82 Å². The third-order valence-electron chi connectivity index (χ3n) is 1.48. The maximum atomic E-state index is 10.3. The van der Waals surface area contributed by atoms with Crippen LogP contribution in [-0.2, 0) is 6.54 Å². The molecule has 8 heteroatoms. The first-order valence-electron chi connectivity index (χ1n) is 3.39. The van der Waals surface area contributed by atoms with Crippen molar-refractivity contribution in [1.29, 1.82) is 0 Å². The maximum Gasteiger partial charge on any atom is 0.381 e. The summed E-state index contributed by atoms with van der Waals surface area (Å²) < 4.78 is 1.66. The summed E-state index contributed by atoms with van der Waals surface area (Å²) in [7, 11) is 0. The van der Waals surface area contributed by atoms with Crippen molar-refractivity contribution in [3.05, 3.63) is 22.1 Å². The lowest BCUT2D eigenvalue weighted by molar-refractivity contribution is -0.389. The molecule has 14 heavy (non-hydrogen) atoms. The molecule has 0 unspecified atom stereocenters. The zero-order chi connectivity index (χ0) is 9.14. The van der Waals surface area contributed by atoms with Crippen LogP contribution in [0, 0.1) is 17.0 Å². The predicted molar refractivity (Wildman–Crippen MR) is 58.8 cm³/mol. The lowest BCUT2D eigenvalue weighted by Gasteiger charge is -1.94. The molecular weight excluding hydrogens is 252 g/mol. The summed E-state index contributed by atoms with van der Waals surface area (Å²) in [6.07, 6.45) is 1.39. The Bertz CT molecular complexity index is 303. The Labute approximate surface area is 98.4 Å². The van der Waals surface area contributed by atoms with E-state index in [1.165, 1.54) is 6.20 Å². The van der Waals surface area contributed by atoms with Gasteiger partial charge in [-0.3, -0.25) is 0 Å². The first-order chi connectivity index (χ1) is 5.65. The fourth-order valence-electron chi connectivity index (χ4n) is 0.897. The molecule has 0 amide bonds. The van der Waals surface area contributed by atoms with Crippen LogP contribution >= 0.6 is 36.4 Å². The van der Waals surface area contributed by atoms with Crippen molar-refractivity contribution in [3.63, 3.8) is 0 Å². The van der Waals surface area contributed by atoms with Gasteiger partial charge in [0.25, 0.3) is 0 Å². The molecule has 0 atom stereocenters. The van der Waals surface area contributed by atoms with Gasteiger partial charge < -0.3 is 14.7 Å². The Hall–Kier alpha value is -0.520. The number of halogens is 3. The highest BCUT2D eigenvalue weighted by molar-refractivity contribution is 6.17. The van der Waals surface area contributed by atoms with Gasteiger partial charge in [-0.05, 0) is 9.91 Å². The number of hydrogen-bond donors (Lipinski definition) is 0. The molecule has 0 saturated carbocycles. The highest BCUT2D eigenvalue weighted by Crippen LogP contribution is 2.09. The lowest BCUT2D eigenvalue weighted by Crippen LogP contribution is -1.99. The van der Waals surface area contributed by atoms with Gasteiger partial charge >= 0.3 is 5.82 Å². The van der Waals surface area contributed by atoms with Gasteiger partial charge in [-0.25, -0.2) is 0 Å². The monoisotopic (exact) mass is 261 g/mol. The van der Waals surface area contributed by atoms with E-state index in [1.54, 1.807) is 11.5 Å². The van der Waals surface area contributed by atoms with E-state index in [9.17, 15) is 10.1 Å². The van der Waals surface area contributed by atoms with Gasteiger partial charge in [0.2, 0.25) is 5.82 Å². The Kier molecular flexibility index (Phi) is 7.81. The summed E-state index contributed by atoms with van der Waals surface area (Å²) in [5.74, 6) is 0.911.